The Hall–Kier alpha value is -2.74. The third kappa shape index (κ3) is 8.91. The van der Waals surface area contributed by atoms with Gasteiger partial charge in [-0.25, -0.2) is 17.5 Å². The third-order valence-electron chi connectivity index (χ3n) is 12.8. The molecule has 1 spiro atoms. The lowest BCUT2D eigenvalue weighted by Crippen LogP contribution is -2.63. The molecule has 5 amide bonds. The van der Waals surface area contributed by atoms with Gasteiger partial charge in [-0.05, 0) is 85.9 Å². The maximum absolute atomic E-state index is 15.0. The molecule has 4 saturated carbocycles. The molecule has 0 aromatic heterocycles. The van der Waals surface area contributed by atoms with E-state index < -0.39 is 68.6 Å². The van der Waals surface area contributed by atoms with Gasteiger partial charge in [0, 0.05) is 32.2 Å². The predicted octanol–water partition coefficient (Wildman–Crippen LogP) is 3.08. The van der Waals surface area contributed by atoms with Crippen molar-refractivity contribution in [1.82, 2.24) is 30.5 Å². The van der Waals surface area contributed by atoms with Crippen molar-refractivity contribution in [2.24, 2.45) is 28.1 Å². The van der Waals surface area contributed by atoms with Crippen LogP contribution in [0.3, 0.4) is 0 Å². The van der Waals surface area contributed by atoms with E-state index in [9.17, 15) is 27.6 Å². The first-order chi connectivity index (χ1) is 23.8. The summed E-state index contributed by atoms with van der Waals surface area (Å²) in [6.45, 7) is 10.2. The van der Waals surface area contributed by atoms with Gasteiger partial charge in [0.05, 0.1) is 12.3 Å². The van der Waals surface area contributed by atoms with Gasteiger partial charge in [0.1, 0.15) is 12.1 Å². The molecule has 1 heterocycles. The second-order valence-corrected chi connectivity index (χ2v) is 19.9. The van der Waals surface area contributed by atoms with Crippen LogP contribution in [-0.4, -0.2) is 104 Å². The number of fused-ring (bicyclic) bond motifs is 2. The molecule has 0 aromatic carbocycles. The van der Waals surface area contributed by atoms with E-state index >= 15 is 4.79 Å². The number of carbonyl (C=O) groups excluding carboxylic acids is 5. The number of sulfonamides is 1. The van der Waals surface area contributed by atoms with Gasteiger partial charge < -0.3 is 26.2 Å². The van der Waals surface area contributed by atoms with E-state index in [0.717, 1.165) is 76.9 Å². The van der Waals surface area contributed by atoms with Crippen LogP contribution in [-0.2, 0) is 29.2 Å². The monoisotopic (exact) mass is 734 g/mol. The fraction of sp³-hybridized carbons (Fsp3) is 0.865. The van der Waals surface area contributed by atoms with Crippen molar-refractivity contribution in [3.63, 3.8) is 0 Å². The van der Waals surface area contributed by atoms with Crippen LogP contribution in [0.5, 0.6) is 0 Å². The number of likely N-dealkylation sites (tertiary alicyclic amines) is 1. The van der Waals surface area contributed by atoms with E-state index in [1.807, 2.05) is 34.6 Å². The van der Waals surface area contributed by atoms with Crippen molar-refractivity contribution in [1.29, 1.82) is 0 Å². The Labute approximate surface area is 304 Å². The van der Waals surface area contributed by atoms with Crippen LogP contribution in [0.25, 0.3) is 0 Å². The fourth-order valence-electron chi connectivity index (χ4n) is 8.97. The highest BCUT2D eigenvalue weighted by molar-refractivity contribution is 7.88. The Kier molecular flexibility index (Phi) is 11.6. The summed E-state index contributed by atoms with van der Waals surface area (Å²) in [5.74, 6) is -1.96. The van der Waals surface area contributed by atoms with E-state index in [1.165, 1.54) is 11.4 Å². The van der Waals surface area contributed by atoms with Gasteiger partial charge in [0.25, 0.3) is 5.91 Å². The van der Waals surface area contributed by atoms with Crippen LogP contribution in [0.1, 0.15) is 118 Å². The van der Waals surface area contributed by atoms with Crippen molar-refractivity contribution >= 4 is 39.6 Å². The highest BCUT2D eigenvalue weighted by Gasteiger charge is 2.64. The Balaban J connectivity index is 1.41. The van der Waals surface area contributed by atoms with Gasteiger partial charge in [-0.3, -0.25) is 19.2 Å². The number of rotatable bonds is 14. The minimum Gasteiger partial charge on any atom is -0.347 e. The molecule has 5 fully saturated rings. The van der Waals surface area contributed by atoms with Crippen molar-refractivity contribution in [2.75, 3.05) is 26.4 Å². The van der Waals surface area contributed by atoms with Crippen molar-refractivity contribution in [3.05, 3.63) is 0 Å². The first-order valence-electron chi connectivity index (χ1n) is 19.2. The summed E-state index contributed by atoms with van der Waals surface area (Å²) in [6.07, 6.45) is 12.0. The van der Waals surface area contributed by atoms with Crippen molar-refractivity contribution < 1.29 is 32.4 Å². The average molecular weight is 735 g/mol. The lowest BCUT2D eigenvalue weighted by atomic mass is 9.70. The number of ketones is 1. The van der Waals surface area contributed by atoms with E-state index in [2.05, 4.69) is 21.3 Å². The van der Waals surface area contributed by atoms with E-state index in [-0.39, 0.29) is 35.7 Å². The molecule has 0 radical (unpaired) electrons. The molecule has 13 nitrogen and oxygen atoms in total. The number of hydrogen-bond donors (Lipinski definition) is 4. The summed E-state index contributed by atoms with van der Waals surface area (Å²) >= 11 is 0. The van der Waals surface area contributed by atoms with Gasteiger partial charge in [-0.1, -0.05) is 60.3 Å². The molecule has 14 heteroatoms. The Morgan fingerprint density at radius 2 is 1.57 bits per heavy atom. The summed E-state index contributed by atoms with van der Waals surface area (Å²) in [5.41, 5.74) is -0.937. The van der Waals surface area contributed by atoms with Gasteiger partial charge in [0.2, 0.25) is 27.6 Å². The molecule has 0 bridgehead atoms. The molecule has 1 aliphatic heterocycles. The first kappa shape index (κ1) is 39.5. The molecule has 6 atom stereocenters. The fourth-order valence-corrected chi connectivity index (χ4v) is 9.39. The zero-order chi connectivity index (χ0) is 37.5. The smallest absolute Gasteiger partial charge is 0.315 e. The van der Waals surface area contributed by atoms with Gasteiger partial charge in [0.15, 0.2) is 0 Å². The molecular weight excluding hydrogens is 673 g/mol. The largest absolute Gasteiger partial charge is 0.347 e. The number of Topliss-reactive ketones (excluding diaryl/α,β-unsaturated/α-hetero) is 1. The summed E-state index contributed by atoms with van der Waals surface area (Å²) in [6, 6.07) is -3.82. The summed E-state index contributed by atoms with van der Waals surface area (Å²) in [7, 11) is -2.03. The quantitative estimate of drug-likeness (QED) is 0.199. The van der Waals surface area contributed by atoms with Crippen molar-refractivity contribution in [3.8, 4) is 0 Å². The second-order valence-electron chi connectivity index (χ2n) is 17.8. The molecule has 0 aromatic rings. The molecule has 1 unspecified atom stereocenters. The molecule has 5 aliphatic rings. The van der Waals surface area contributed by atoms with Crippen LogP contribution >= 0.6 is 0 Å². The first-order valence-corrected chi connectivity index (χ1v) is 21.1. The zero-order valence-electron chi connectivity index (χ0n) is 31.8. The van der Waals surface area contributed by atoms with Crippen LogP contribution in [0.15, 0.2) is 0 Å². The van der Waals surface area contributed by atoms with E-state index in [4.69, 9.17) is 0 Å². The Bertz CT molecular complexity index is 1460. The number of carbonyl (C=O) groups is 5. The predicted molar refractivity (Wildman–Crippen MR) is 194 cm³/mol. The minimum atomic E-state index is -3.50. The van der Waals surface area contributed by atoms with Crippen molar-refractivity contribution in [2.45, 2.75) is 148 Å². The van der Waals surface area contributed by atoms with Crippen LogP contribution in [0.2, 0.25) is 0 Å². The molecule has 4 aliphatic carbocycles. The van der Waals surface area contributed by atoms with E-state index in [1.54, 1.807) is 4.90 Å². The lowest BCUT2D eigenvalue weighted by Gasteiger charge is -2.43. The molecule has 1 saturated heterocycles. The number of nitrogens with one attached hydrogen (secondary N) is 4. The molecule has 5 rings (SSSR count). The standard InChI is InChI=1S/C37H62N6O7S/c1-8-12-26(29(44)32(46)38-23-13-14-23)39-31(45)28-24-15-18-37(19-20-37)25(24)21-43(28)33(47)30(36(5)16-10-9-11-17-36)41-34(48)40-27(35(2,3)4)22-42(6)51(7,49)50/h23-28,30H,8-22H2,1-7H3,(H,38,46)(H,39,45)(H2,40,41,48)/t24-,25-,26?,27+,28-,30+/m0/s1. The van der Waals surface area contributed by atoms with E-state index in [0.29, 0.717) is 19.4 Å². The Morgan fingerprint density at radius 1 is 0.922 bits per heavy atom. The van der Waals surface area contributed by atoms with Crippen LogP contribution in [0, 0.1) is 28.1 Å². The number of hydrogen-bond acceptors (Lipinski definition) is 7. The summed E-state index contributed by atoms with van der Waals surface area (Å²) < 4.78 is 25.7. The number of urea groups is 1. The lowest BCUT2D eigenvalue weighted by molar-refractivity contribution is -0.145. The van der Waals surface area contributed by atoms with Gasteiger partial charge in [-0.15, -0.1) is 0 Å². The maximum atomic E-state index is 15.0. The van der Waals surface area contributed by atoms with Crippen LogP contribution < -0.4 is 21.3 Å². The SMILES string of the molecule is CCCC(NC(=O)[C@@H]1[C@H]2CCC3(CC3)[C@H]2CN1C(=O)[C@@H](NC(=O)N[C@H](CN(C)S(C)(=O)=O)C(C)(C)C)C1(C)CCCCC1)C(=O)C(=O)NC1CC1. The number of nitrogens with zero attached hydrogens (tertiary/aromatic N) is 2. The molecular formula is C37H62N6O7S. The maximum Gasteiger partial charge on any atom is 0.315 e. The Morgan fingerprint density at radius 3 is 2.12 bits per heavy atom. The summed E-state index contributed by atoms with van der Waals surface area (Å²) in [5, 5.41) is 11.7. The molecule has 4 N–H and O–H groups in total. The third-order valence-corrected chi connectivity index (χ3v) is 14.1. The topological polar surface area (TPSA) is 174 Å². The van der Waals surface area contributed by atoms with Gasteiger partial charge in [-0.2, -0.15) is 0 Å². The van der Waals surface area contributed by atoms with Gasteiger partial charge >= 0.3 is 6.03 Å². The number of amides is 5. The minimum absolute atomic E-state index is 0.0124. The molecule has 288 valence electrons. The average Bonchev–Trinajstić information content (AvgIpc) is 3.96. The molecule has 51 heavy (non-hydrogen) atoms. The highest BCUT2D eigenvalue weighted by atomic mass is 32.2. The second kappa shape index (κ2) is 14.9. The van der Waals surface area contributed by atoms with Crippen LogP contribution in [0.4, 0.5) is 4.79 Å². The highest BCUT2D eigenvalue weighted by Crippen LogP contribution is 2.66. The normalized spacial score (nSPS) is 26.9. The summed E-state index contributed by atoms with van der Waals surface area (Å²) in [4.78, 5) is 71.0. The zero-order valence-corrected chi connectivity index (χ0v) is 32.6. The number of likely N-dealkylation sites (N-methyl/N-ethyl adjacent to an activating group) is 1.